The molecule has 0 aliphatic heterocycles. The lowest BCUT2D eigenvalue weighted by Crippen LogP contribution is -2.23. The maximum atomic E-state index is 11.2. The Morgan fingerprint density at radius 2 is 1.58 bits per heavy atom. The van der Waals surface area contributed by atoms with Crippen LogP contribution in [0.2, 0.25) is 0 Å². The van der Waals surface area contributed by atoms with E-state index in [1.807, 2.05) is 6.07 Å². The molecule has 0 saturated heterocycles. The summed E-state index contributed by atoms with van der Waals surface area (Å²) < 4.78 is 12.4. The zero-order valence-electron chi connectivity index (χ0n) is 19.4. The van der Waals surface area contributed by atoms with E-state index in [0.717, 1.165) is 43.5 Å². The molecule has 5 nitrogen and oxygen atoms in total. The van der Waals surface area contributed by atoms with E-state index in [1.54, 1.807) is 11.8 Å². The van der Waals surface area contributed by atoms with Gasteiger partial charge in [0.2, 0.25) is 0 Å². The lowest BCUT2D eigenvalue weighted by Gasteiger charge is -2.28. The van der Waals surface area contributed by atoms with Crippen LogP contribution in [-0.4, -0.2) is 42.3 Å². The van der Waals surface area contributed by atoms with Gasteiger partial charge in [-0.1, -0.05) is 60.7 Å². The summed E-state index contributed by atoms with van der Waals surface area (Å²) in [5.41, 5.74) is 4.63. The fourth-order valence-corrected chi connectivity index (χ4v) is 5.38. The third-order valence-electron chi connectivity index (χ3n) is 6.41. The van der Waals surface area contributed by atoms with Gasteiger partial charge in [-0.3, -0.25) is 4.68 Å². The quantitative estimate of drug-likeness (QED) is 0.290. The summed E-state index contributed by atoms with van der Waals surface area (Å²) in [7, 11) is 1.39. The average molecular weight is 465 g/mol. The Morgan fingerprint density at radius 3 is 2.18 bits per heavy atom. The molecule has 2 aromatic carbocycles. The van der Waals surface area contributed by atoms with Crippen LogP contribution >= 0.6 is 11.8 Å². The summed E-state index contributed by atoms with van der Waals surface area (Å²) in [5.74, 6) is 0.804. The van der Waals surface area contributed by atoms with Crippen molar-refractivity contribution in [2.75, 3.05) is 26.6 Å². The summed E-state index contributed by atoms with van der Waals surface area (Å²) in [6.45, 7) is 1.61. The molecule has 1 aromatic heterocycles. The number of carbonyl (C=O) groups excluding carboxylic acids is 1. The molecule has 0 spiro atoms. The van der Waals surface area contributed by atoms with E-state index in [-0.39, 0.29) is 12.6 Å². The molecule has 4 rings (SSSR count). The van der Waals surface area contributed by atoms with Crippen molar-refractivity contribution in [1.29, 1.82) is 0 Å². The van der Waals surface area contributed by atoms with Crippen molar-refractivity contribution in [3.8, 4) is 22.4 Å². The summed E-state index contributed by atoms with van der Waals surface area (Å²) >= 11 is 1.77. The first kappa shape index (κ1) is 23.6. The molecule has 174 valence electrons. The summed E-state index contributed by atoms with van der Waals surface area (Å²) in [4.78, 5) is 11.2. The van der Waals surface area contributed by atoms with E-state index < -0.39 is 0 Å². The first-order chi connectivity index (χ1) is 16.2. The summed E-state index contributed by atoms with van der Waals surface area (Å²) in [5, 5.41) is 6.36. The maximum absolute atomic E-state index is 11.2. The number of ether oxygens (including phenoxy) is 2. The molecular weight excluding hydrogens is 432 g/mol. The Kier molecular flexibility index (Phi) is 8.24. The molecule has 0 bridgehead atoms. The van der Waals surface area contributed by atoms with Gasteiger partial charge in [0.25, 0.3) is 0 Å². The highest BCUT2D eigenvalue weighted by Crippen LogP contribution is 2.40. The SMILES string of the molecule is COC(=O)COC[C@H]1CC[C@H](Cn2nc(-c3ccccc3)c(-c3ccccc3)c2SC)CC1. The third kappa shape index (κ3) is 5.87. The largest absolute Gasteiger partial charge is 0.467 e. The molecule has 0 amide bonds. The van der Waals surface area contributed by atoms with E-state index >= 15 is 0 Å². The number of esters is 1. The van der Waals surface area contributed by atoms with Crippen molar-refractivity contribution < 1.29 is 14.3 Å². The Morgan fingerprint density at radius 1 is 0.970 bits per heavy atom. The Balaban J connectivity index is 1.50. The summed E-state index contributed by atoms with van der Waals surface area (Å²) in [6, 6.07) is 21.1. The standard InChI is InChI=1S/C27H32N2O3S/c1-31-24(30)19-32-18-21-15-13-20(14-16-21)17-29-27(33-2)25(22-9-5-3-6-10-22)26(28-29)23-11-7-4-8-12-23/h3-12,20-21H,13-19H2,1-2H3/t20-,21-. The van der Waals surface area contributed by atoms with Crippen molar-refractivity contribution in [2.45, 2.75) is 37.3 Å². The number of methoxy groups -OCH3 is 1. The van der Waals surface area contributed by atoms with Crippen LogP contribution in [0.15, 0.2) is 65.7 Å². The highest BCUT2D eigenvalue weighted by atomic mass is 32.2. The van der Waals surface area contributed by atoms with Crippen LogP contribution in [-0.2, 0) is 20.8 Å². The number of hydrogen-bond acceptors (Lipinski definition) is 5. The molecule has 1 aliphatic carbocycles. The second-order valence-electron chi connectivity index (χ2n) is 8.63. The fraction of sp³-hybridized carbons (Fsp3) is 0.407. The molecule has 1 saturated carbocycles. The van der Waals surface area contributed by atoms with Gasteiger partial charge in [-0.25, -0.2) is 4.79 Å². The third-order valence-corrected chi connectivity index (χ3v) is 7.21. The normalized spacial score (nSPS) is 18.2. The van der Waals surface area contributed by atoms with E-state index in [2.05, 4.69) is 70.3 Å². The smallest absolute Gasteiger partial charge is 0.331 e. The molecule has 0 N–H and O–H groups in total. The Hall–Kier alpha value is -2.57. The van der Waals surface area contributed by atoms with Gasteiger partial charge in [-0.15, -0.1) is 11.8 Å². The minimum absolute atomic E-state index is 0.0469. The lowest BCUT2D eigenvalue weighted by molar-refractivity contribution is -0.146. The molecule has 6 heteroatoms. The van der Waals surface area contributed by atoms with E-state index in [0.29, 0.717) is 18.4 Å². The molecular formula is C27H32N2O3S. The molecule has 1 fully saturated rings. The van der Waals surface area contributed by atoms with Crippen LogP contribution in [0.5, 0.6) is 0 Å². The number of nitrogens with zero attached hydrogens (tertiary/aromatic N) is 2. The van der Waals surface area contributed by atoms with Crippen LogP contribution in [0, 0.1) is 11.8 Å². The van der Waals surface area contributed by atoms with Gasteiger partial charge in [0.15, 0.2) is 0 Å². The molecule has 33 heavy (non-hydrogen) atoms. The van der Waals surface area contributed by atoms with Crippen molar-refractivity contribution >= 4 is 17.7 Å². The van der Waals surface area contributed by atoms with Gasteiger partial charge < -0.3 is 9.47 Å². The molecule has 0 radical (unpaired) electrons. The van der Waals surface area contributed by atoms with Crippen molar-refractivity contribution in [3.05, 3.63) is 60.7 Å². The number of carbonyl (C=O) groups is 1. The van der Waals surface area contributed by atoms with Crippen LogP contribution in [0.4, 0.5) is 0 Å². The Labute approximate surface area is 200 Å². The van der Waals surface area contributed by atoms with Crippen molar-refractivity contribution in [1.82, 2.24) is 9.78 Å². The van der Waals surface area contributed by atoms with Gasteiger partial charge in [0.1, 0.15) is 17.3 Å². The monoisotopic (exact) mass is 464 g/mol. The molecule has 1 aliphatic rings. The van der Waals surface area contributed by atoms with Crippen molar-refractivity contribution in [2.24, 2.45) is 11.8 Å². The first-order valence-corrected chi connectivity index (χ1v) is 12.8. The van der Waals surface area contributed by atoms with Gasteiger partial charge >= 0.3 is 5.97 Å². The van der Waals surface area contributed by atoms with Crippen LogP contribution < -0.4 is 0 Å². The minimum Gasteiger partial charge on any atom is -0.467 e. The van der Waals surface area contributed by atoms with Crippen LogP contribution in [0.25, 0.3) is 22.4 Å². The molecule has 0 unspecified atom stereocenters. The van der Waals surface area contributed by atoms with Gasteiger partial charge in [0, 0.05) is 17.7 Å². The van der Waals surface area contributed by atoms with Crippen molar-refractivity contribution in [3.63, 3.8) is 0 Å². The maximum Gasteiger partial charge on any atom is 0.331 e. The minimum atomic E-state index is -0.310. The van der Waals surface area contributed by atoms with Gasteiger partial charge in [-0.2, -0.15) is 5.10 Å². The van der Waals surface area contributed by atoms with Gasteiger partial charge in [0.05, 0.1) is 13.7 Å². The zero-order chi connectivity index (χ0) is 23.0. The molecule has 1 heterocycles. The number of aromatic nitrogens is 2. The Bertz CT molecular complexity index is 1030. The van der Waals surface area contributed by atoms with E-state index in [1.165, 1.54) is 23.3 Å². The van der Waals surface area contributed by atoms with Crippen LogP contribution in [0.3, 0.4) is 0 Å². The van der Waals surface area contributed by atoms with Crippen LogP contribution in [0.1, 0.15) is 25.7 Å². The lowest BCUT2D eigenvalue weighted by atomic mass is 9.82. The topological polar surface area (TPSA) is 53.4 Å². The second kappa shape index (κ2) is 11.5. The van der Waals surface area contributed by atoms with E-state index in [9.17, 15) is 4.79 Å². The fourth-order valence-electron chi connectivity index (χ4n) is 4.63. The highest BCUT2D eigenvalue weighted by Gasteiger charge is 2.25. The number of hydrogen-bond donors (Lipinski definition) is 0. The average Bonchev–Trinajstić information content (AvgIpc) is 3.24. The summed E-state index contributed by atoms with van der Waals surface area (Å²) in [6.07, 6.45) is 6.70. The number of benzene rings is 2. The molecule has 3 aromatic rings. The zero-order valence-corrected chi connectivity index (χ0v) is 20.2. The highest BCUT2D eigenvalue weighted by molar-refractivity contribution is 7.98. The number of thioether (sulfide) groups is 1. The first-order valence-electron chi connectivity index (χ1n) is 11.6. The predicted octanol–water partition coefficient (Wildman–Crippen LogP) is 5.94. The number of rotatable bonds is 9. The van der Waals surface area contributed by atoms with E-state index in [4.69, 9.17) is 9.84 Å². The van der Waals surface area contributed by atoms with Gasteiger partial charge in [-0.05, 0) is 49.3 Å². The molecule has 0 atom stereocenters. The second-order valence-corrected chi connectivity index (χ2v) is 9.42. The predicted molar refractivity (Wildman–Crippen MR) is 133 cm³/mol.